The van der Waals surface area contributed by atoms with Gasteiger partial charge < -0.3 is 9.47 Å². The zero-order chi connectivity index (χ0) is 11.5. The maximum atomic E-state index is 6.16. The van der Waals surface area contributed by atoms with E-state index in [1.54, 1.807) is 19.2 Å². The first-order valence-electron chi connectivity index (χ1n) is 4.42. The van der Waals surface area contributed by atoms with Crippen LogP contribution >= 0.6 is 11.6 Å². The van der Waals surface area contributed by atoms with Crippen molar-refractivity contribution in [3.05, 3.63) is 17.2 Å². The normalized spacial score (nSPS) is 10.2. The maximum Gasteiger partial charge on any atom is 0.206 e. The van der Waals surface area contributed by atoms with Gasteiger partial charge in [-0.2, -0.15) is 5.21 Å². The lowest BCUT2D eigenvalue weighted by atomic mass is 10.2. The predicted molar refractivity (Wildman–Crippen MR) is 57.7 cm³/mol. The molecule has 0 aliphatic heterocycles. The Bertz CT molecular complexity index is 487. The number of benzene rings is 1. The predicted octanol–water partition coefficient (Wildman–Crippen LogP) is 1.54. The van der Waals surface area contributed by atoms with E-state index in [0.29, 0.717) is 27.9 Å². The van der Waals surface area contributed by atoms with E-state index < -0.39 is 0 Å². The van der Waals surface area contributed by atoms with Gasteiger partial charge in [0.15, 0.2) is 11.5 Å². The number of nitrogens with one attached hydrogen (secondary N) is 1. The lowest BCUT2D eigenvalue weighted by Crippen LogP contribution is -1.93. The molecule has 0 radical (unpaired) electrons. The van der Waals surface area contributed by atoms with E-state index >= 15 is 0 Å². The first kappa shape index (κ1) is 10.7. The molecule has 0 saturated carbocycles. The van der Waals surface area contributed by atoms with E-state index in [1.165, 1.54) is 7.11 Å². The number of hydrogen-bond acceptors (Lipinski definition) is 5. The van der Waals surface area contributed by atoms with Crippen molar-refractivity contribution in [2.45, 2.75) is 0 Å². The van der Waals surface area contributed by atoms with Gasteiger partial charge in [-0.3, -0.25) is 0 Å². The van der Waals surface area contributed by atoms with Crippen LogP contribution in [0.3, 0.4) is 0 Å². The van der Waals surface area contributed by atoms with Crippen molar-refractivity contribution in [2.75, 3.05) is 14.2 Å². The van der Waals surface area contributed by atoms with Gasteiger partial charge in [0.1, 0.15) is 0 Å². The highest BCUT2D eigenvalue weighted by Crippen LogP contribution is 2.40. The number of halogens is 1. The van der Waals surface area contributed by atoms with Gasteiger partial charge in [0.2, 0.25) is 5.82 Å². The largest absolute Gasteiger partial charge is 0.493 e. The van der Waals surface area contributed by atoms with Crippen LogP contribution < -0.4 is 9.47 Å². The Balaban J connectivity index is 2.57. The van der Waals surface area contributed by atoms with Gasteiger partial charge in [0.25, 0.3) is 0 Å². The molecule has 0 bridgehead atoms. The Kier molecular flexibility index (Phi) is 2.91. The Hall–Kier alpha value is -1.82. The Morgan fingerprint density at radius 2 is 2.06 bits per heavy atom. The van der Waals surface area contributed by atoms with Crippen LogP contribution in [0.1, 0.15) is 0 Å². The average Bonchev–Trinajstić information content (AvgIpc) is 2.81. The van der Waals surface area contributed by atoms with Crippen molar-refractivity contribution >= 4 is 11.6 Å². The topological polar surface area (TPSA) is 72.9 Å². The summed E-state index contributed by atoms with van der Waals surface area (Å²) >= 11 is 6.16. The van der Waals surface area contributed by atoms with Gasteiger partial charge >= 0.3 is 0 Å². The van der Waals surface area contributed by atoms with Crippen LogP contribution in [-0.4, -0.2) is 34.8 Å². The van der Waals surface area contributed by atoms with Gasteiger partial charge in [-0.15, -0.1) is 10.2 Å². The molecule has 1 aromatic carbocycles. The summed E-state index contributed by atoms with van der Waals surface area (Å²) < 4.78 is 10.3. The molecule has 0 aliphatic carbocycles. The van der Waals surface area contributed by atoms with Gasteiger partial charge in [0, 0.05) is 5.56 Å². The maximum absolute atomic E-state index is 6.16. The molecule has 0 unspecified atom stereocenters. The van der Waals surface area contributed by atoms with E-state index in [4.69, 9.17) is 21.1 Å². The molecule has 1 heterocycles. The van der Waals surface area contributed by atoms with Gasteiger partial charge in [0.05, 0.1) is 19.2 Å². The second-order valence-corrected chi connectivity index (χ2v) is 3.28. The number of H-pyrrole nitrogens is 1. The number of methoxy groups -OCH3 is 2. The lowest BCUT2D eigenvalue weighted by Gasteiger charge is -2.10. The third-order valence-corrected chi connectivity index (χ3v) is 2.45. The van der Waals surface area contributed by atoms with E-state index in [9.17, 15) is 0 Å². The van der Waals surface area contributed by atoms with E-state index in [-0.39, 0.29) is 0 Å². The third kappa shape index (κ3) is 1.67. The second-order valence-electron chi connectivity index (χ2n) is 2.90. The quantitative estimate of drug-likeness (QED) is 0.881. The fourth-order valence-electron chi connectivity index (χ4n) is 1.34. The van der Waals surface area contributed by atoms with E-state index in [2.05, 4.69) is 20.6 Å². The van der Waals surface area contributed by atoms with Crippen molar-refractivity contribution < 1.29 is 9.47 Å². The third-order valence-electron chi connectivity index (χ3n) is 2.07. The molecular weight excluding hydrogens is 232 g/mol. The number of ether oxygens (including phenoxy) is 2. The number of nitrogens with zero attached hydrogens (tertiary/aromatic N) is 3. The molecule has 1 aromatic heterocycles. The molecule has 6 nitrogen and oxygen atoms in total. The first-order chi connectivity index (χ1) is 7.77. The SMILES string of the molecule is COc1ccc(-c2nn[nH]n2)c(Cl)c1OC. The van der Waals surface area contributed by atoms with E-state index in [0.717, 1.165) is 0 Å². The zero-order valence-corrected chi connectivity index (χ0v) is 9.45. The van der Waals surface area contributed by atoms with Gasteiger partial charge in [-0.1, -0.05) is 11.6 Å². The van der Waals surface area contributed by atoms with Gasteiger partial charge in [-0.05, 0) is 17.3 Å². The Labute approximate surface area is 96.5 Å². The molecule has 0 spiro atoms. The highest BCUT2D eigenvalue weighted by Gasteiger charge is 2.16. The molecule has 0 aliphatic rings. The average molecular weight is 241 g/mol. The summed E-state index contributed by atoms with van der Waals surface area (Å²) in [7, 11) is 3.06. The summed E-state index contributed by atoms with van der Waals surface area (Å²) in [6, 6.07) is 3.48. The van der Waals surface area contributed by atoms with Crippen LogP contribution in [0.25, 0.3) is 11.4 Å². The molecule has 0 fully saturated rings. The number of rotatable bonds is 3. The van der Waals surface area contributed by atoms with Crippen LogP contribution in [-0.2, 0) is 0 Å². The van der Waals surface area contributed by atoms with Crippen LogP contribution in [0.5, 0.6) is 11.5 Å². The minimum Gasteiger partial charge on any atom is -0.493 e. The smallest absolute Gasteiger partial charge is 0.206 e. The Morgan fingerprint density at radius 3 is 2.62 bits per heavy atom. The summed E-state index contributed by atoms with van der Waals surface area (Å²) in [6.45, 7) is 0. The van der Waals surface area contributed by atoms with Crippen LogP contribution in [0, 0.1) is 0 Å². The highest BCUT2D eigenvalue weighted by atomic mass is 35.5. The van der Waals surface area contributed by atoms with Crippen LogP contribution in [0.15, 0.2) is 12.1 Å². The highest BCUT2D eigenvalue weighted by molar-refractivity contribution is 6.35. The fourth-order valence-corrected chi connectivity index (χ4v) is 1.66. The molecule has 2 rings (SSSR count). The van der Waals surface area contributed by atoms with Crippen molar-refractivity contribution in [1.82, 2.24) is 20.6 Å². The molecule has 0 atom stereocenters. The van der Waals surface area contributed by atoms with E-state index in [1.807, 2.05) is 0 Å². The van der Waals surface area contributed by atoms with Crippen molar-refractivity contribution in [3.8, 4) is 22.9 Å². The summed E-state index contributed by atoms with van der Waals surface area (Å²) in [4.78, 5) is 0. The van der Waals surface area contributed by atoms with Crippen molar-refractivity contribution in [3.63, 3.8) is 0 Å². The first-order valence-corrected chi connectivity index (χ1v) is 4.80. The number of aromatic nitrogens is 4. The minimum absolute atomic E-state index is 0.392. The van der Waals surface area contributed by atoms with Crippen LogP contribution in [0.2, 0.25) is 5.02 Å². The summed E-state index contributed by atoms with van der Waals surface area (Å²) in [5.41, 5.74) is 0.632. The molecule has 16 heavy (non-hydrogen) atoms. The minimum atomic E-state index is 0.392. The number of hydrogen-bond donors (Lipinski definition) is 1. The van der Waals surface area contributed by atoms with Crippen molar-refractivity contribution in [2.24, 2.45) is 0 Å². The van der Waals surface area contributed by atoms with Gasteiger partial charge in [-0.25, -0.2) is 0 Å². The number of tetrazole rings is 1. The molecule has 2 aromatic rings. The summed E-state index contributed by atoms with van der Waals surface area (Å²) in [5.74, 6) is 1.41. The summed E-state index contributed by atoms with van der Waals surface area (Å²) in [6.07, 6.45) is 0. The lowest BCUT2D eigenvalue weighted by molar-refractivity contribution is 0.355. The molecule has 0 amide bonds. The molecule has 0 saturated heterocycles. The summed E-state index contributed by atoms with van der Waals surface area (Å²) in [5, 5.41) is 13.9. The monoisotopic (exact) mass is 240 g/mol. The Morgan fingerprint density at radius 1 is 1.25 bits per heavy atom. The molecular formula is C9H9ClN4O2. The zero-order valence-electron chi connectivity index (χ0n) is 8.69. The van der Waals surface area contributed by atoms with Crippen LogP contribution in [0.4, 0.5) is 0 Å². The fraction of sp³-hybridized carbons (Fsp3) is 0.222. The van der Waals surface area contributed by atoms with Crippen molar-refractivity contribution in [1.29, 1.82) is 0 Å². The molecule has 7 heteroatoms. The second kappa shape index (κ2) is 4.36. The molecule has 1 N–H and O–H groups in total. The standard InChI is InChI=1S/C9H9ClN4O2/c1-15-6-4-3-5(7(10)8(6)16-2)9-11-13-14-12-9/h3-4H,1-2H3,(H,11,12,13,14). The number of aromatic amines is 1. The molecule has 84 valence electrons.